The van der Waals surface area contributed by atoms with Gasteiger partial charge in [-0.15, -0.1) is 0 Å². The molecule has 0 fully saturated rings. The lowest BCUT2D eigenvalue weighted by Gasteiger charge is -2.15. The van der Waals surface area contributed by atoms with E-state index in [1.54, 1.807) is 0 Å². The smallest absolute Gasteiger partial charge is 0.0549 e. The van der Waals surface area contributed by atoms with Crippen molar-refractivity contribution < 1.29 is 0 Å². The first-order valence-corrected chi connectivity index (χ1v) is 14.0. The molecule has 2 nitrogen and oxygen atoms in total. The zero-order chi connectivity index (χ0) is 27.3. The van der Waals surface area contributed by atoms with Crippen LogP contribution in [0.4, 0.5) is 0 Å². The van der Waals surface area contributed by atoms with Gasteiger partial charge in [-0.1, -0.05) is 115 Å². The third kappa shape index (κ3) is 3.62. The Labute approximate surface area is 237 Å². The van der Waals surface area contributed by atoms with Crippen LogP contribution in [0.15, 0.2) is 146 Å². The molecule has 1 heterocycles. The molecule has 0 aliphatic carbocycles. The predicted octanol–water partition coefficient (Wildman–Crippen LogP) is 10.5. The van der Waals surface area contributed by atoms with E-state index >= 15 is 0 Å². The Bertz CT molecular complexity index is 2250. The van der Waals surface area contributed by atoms with Crippen LogP contribution in [0.2, 0.25) is 0 Å². The fraction of sp³-hybridized carbons (Fsp3) is 0. The molecule has 0 amide bonds. The summed E-state index contributed by atoms with van der Waals surface area (Å²) in [5.41, 5.74) is 6.65. The summed E-state index contributed by atoms with van der Waals surface area (Å²) in [7, 11) is 0. The minimum atomic E-state index is 0.983. The summed E-state index contributed by atoms with van der Waals surface area (Å²) in [5, 5.41) is 18.1. The van der Waals surface area contributed by atoms with Crippen molar-refractivity contribution in [2.75, 3.05) is 0 Å². The second-order valence-electron chi connectivity index (χ2n) is 10.5. The van der Waals surface area contributed by atoms with Gasteiger partial charge in [-0.3, -0.25) is 0 Å². The minimum Gasteiger partial charge on any atom is -0.309 e. The lowest BCUT2D eigenvalue weighted by Crippen LogP contribution is -2.00. The summed E-state index contributed by atoms with van der Waals surface area (Å²) < 4.78 is 2.29. The second kappa shape index (κ2) is 9.32. The molecule has 0 aliphatic rings. The molecule has 0 atom stereocenters. The van der Waals surface area contributed by atoms with Gasteiger partial charge < -0.3 is 9.98 Å². The van der Waals surface area contributed by atoms with E-state index in [4.69, 9.17) is 5.41 Å². The van der Waals surface area contributed by atoms with E-state index in [1.165, 1.54) is 54.9 Å². The van der Waals surface area contributed by atoms with Crippen LogP contribution in [0.25, 0.3) is 70.9 Å². The average molecular weight is 523 g/mol. The quantitative estimate of drug-likeness (QED) is 0.176. The largest absolute Gasteiger partial charge is 0.309 e. The minimum absolute atomic E-state index is 0.983. The molecule has 41 heavy (non-hydrogen) atoms. The Morgan fingerprint density at radius 3 is 1.51 bits per heavy atom. The van der Waals surface area contributed by atoms with Gasteiger partial charge in [0.15, 0.2) is 0 Å². The van der Waals surface area contributed by atoms with E-state index in [1.807, 2.05) is 6.08 Å². The molecule has 0 saturated heterocycles. The highest BCUT2D eigenvalue weighted by Crippen LogP contribution is 2.38. The number of hydrogen-bond donors (Lipinski definition) is 1. The first-order valence-electron chi connectivity index (χ1n) is 14.0. The number of benzene rings is 7. The summed E-state index contributed by atoms with van der Waals surface area (Å²) in [6.45, 7) is 0. The van der Waals surface area contributed by atoms with Crippen molar-refractivity contribution in [3.8, 4) is 11.1 Å². The number of rotatable bonds is 4. The number of allylic oxidation sites excluding steroid dienone is 1. The van der Waals surface area contributed by atoms with E-state index in [0.717, 1.165) is 27.9 Å². The summed E-state index contributed by atoms with van der Waals surface area (Å²) in [4.78, 5) is 0. The lowest BCUT2D eigenvalue weighted by atomic mass is 9.91. The van der Waals surface area contributed by atoms with Crippen LogP contribution in [-0.4, -0.2) is 10.8 Å². The van der Waals surface area contributed by atoms with Gasteiger partial charge in [0.05, 0.1) is 16.7 Å². The lowest BCUT2D eigenvalue weighted by molar-refractivity contribution is 1.22. The molecule has 8 rings (SSSR count). The zero-order valence-electron chi connectivity index (χ0n) is 22.4. The van der Waals surface area contributed by atoms with Crippen LogP contribution in [0.1, 0.15) is 5.56 Å². The van der Waals surface area contributed by atoms with Crippen LogP contribution in [0.3, 0.4) is 0 Å². The average Bonchev–Trinajstić information content (AvgIpc) is 3.38. The molecule has 192 valence electrons. The topological polar surface area (TPSA) is 28.8 Å². The second-order valence-corrected chi connectivity index (χ2v) is 10.5. The molecule has 0 unspecified atom stereocenters. The first-order chi connectivity index (χ1) is 20.3. The summed E-state index contributed by atoms with van der Waals surface area (Å²) in [6, 6.07) is 50.0. The molecule has 1 aromatic heterocycles. The number of aromatic nitrogens is 1. The number of nitrogens with zero attached hydrogens (tertiary/aromatic N) is 1. The van der Waals surface area contributed by atoms with Crippen LogP contribution < -0.4 is 0 Å². The van der Waals surface area contributed by atoms with Gasteiger partial charge in [0.25, 0.3) is 0 Å². The van der Waals surface area contributed by atoms with Crippen molar-refractivity contribution in [2.24, 2.45) is 0 Å². The Hall–Kier alpha value is -5.47. The van der Waals surface area contributed by atoms with E-state index in [0.29, 0.717) is 0 Å². The van der Waals surface area contributed by atoms with Crippen molar-refractivity contribution in [2.45, 2.75) is 0 Å². The Kier molecular flexibility index (Phi) is 5.33. The number of nitrogens with one attached hydrogen (secondary N) is 1. The summed E-state index contributed by atoms with van der Waals surface area (Å²) in [6.07, 6.45) is 3.29. The zero-order valence-corrected chi connectivity index (χ0v) is 22.4. The molecule has 0 aliphatic heterocycles. The maximum Gasteiger partial charge on any atom is 0.0549 e. The van der Waals surface area contributed by atoms with E-state index < -0.39 is 0 Å². The fourth-order valence-corrected chi connectivity index (χ4v) is 6.51. The molecular weight excluding hydrogens is 496 g/mol. The third-order valence-electron chi connectivity index (χ3n) is 8.30. The van der Waals surface area contributed by atoms with Crippen molar-refractivity contribution in [3.63, 3.8) is 0 Å². The SMILES string of the molecule is N=C/C=C(/c1cccc(-c2ccc3c4ccccc4c4ccccc4c3c2)c1)n1c2ccccc2c2ccccc21. The number of para-hydroxylation sites is 2. The number of fused-ring (bicyclic) bond motifs is 9. The van der Waals surface area contributed by atoms with E-state index in [9.17, 15) is 0 Å². The van der Waals surface area contributed by atoms with Gasteiger partial charge >= 0.3 is 0 Å². The molecule has 0 spiro atoms. The molecule has 0 saturated carbocycles. The van der Waals surface area contributed by atoms with Crippen LogP contribution in [-0.2, 0) is 0 Å². The van der Waals surface area contributed by atoms with Gasteiger partial charge in [-0.25, -0.2) is 0 Å². The highest BCUT2D eigenvalue weighted by atomic mass is 15.0. The van der Waals surface area contributed by atoms with Gasteiger partial charge in [0.2, 0.25) is 0 Å². The Morgan fingerprint density at radius 1 is 0.439 bits per heavy atom. The number of hydrogen-bond acceptors (Lipinski definition) is 1. The van der Waals surface area contributed by atoms with Crippen molar-refractivity contribution >= 4 is 66.0 Å². The summed E-state index contributed by atoms with van der Waals surface area (Å²) in [5.74, 6) is 0. The van der Waals surface area contributed by atoms with Gasteiger partial charge in [0.1, 0.15) is 0 Å². The molecular formula is C39H26N2. The van der Waals surface area contributed by atoms with Gasteiger partial charge in [-0.2, -0.15) is 0 Å². The normalized spacial score (nSPS) is 12.1. The molecule has 1 N–H and O–H groups in total. The highest BCUT2D eigenvalue weighted by molar-refractivity contribution is 6.25. The fourth-order valence-electron chi connectivity index (χ4n) is 6.51. The van der Waals surface area contributed by atoms with Crippen molar-refractivity contribution in [3.05, 3.63) is 151 Å². The maximum absolute atomic E-state index is 8.04. The van der Waals surface area contributed by atoms with Gasteiger partial charge in [0, 0.05) is 17.0 Å². The van der Waals surface area contributed by atoms with E-state index in [-0.39, 0.29) is 0 Å². The maximum atomic E-state index is 8.04. The molecule has 0 radical (unpaired) electrons. The standard InChI is InChI=1S/C39H26N2/c40-23-22-37(41-38-18-7-5-16-34(38)35-17-6-8-19-39(35)41)28-11-9-10-26(24-28)27-20-21-33-31-14-2-1-12-29(31)30-13-3-4-15-32(30)36(33)25-27/h1-25,40H/b37-22-,40-23?. The molecule has 7 aromatic carbocycles. The first kappa shape index (κ1) is 23.4. The molecule has 8 aromatic rings. The van der Waals surface area contributed by atoms with Crippen molar-refractivity contribution in [1.82, 2.24) is 4.57 Å². The molecule has 2 heteroatoms. The van der Waals surface area contributed by atoms with Gasteiger partial charge in [-0.05, 0) is 79.3 Å². The monoisotopic (exact) mass is 522 g/mol. The highest BCUT2D eigenvalue weighted by Gasteiger charge is 2.15. The summed E-state index contributed by atoms with van der Waals surface area (Å²) >= 11 is 0. The molecule has 0 bridgehead atoms. The van der Waals surface area contributed by atoms with Crippen LogP contribution >= 0.6 is 0 Å². The predicted molar refractivity (Wildman–Crippen MR) is 176 cm³/mol. The van der Waals surface area contributed by atoms with Crippen LogP contribution in [0.5, 0.6) is 0 Å². The van der Waals surface area contributed by atoms with E-state index in [2.05, 4.69) is 144 Å². The Morgan fingerprint density at radius 2 is 0.927 bits per heavy atom. The van der Waals surface area contributed by atoms with Crippen molar-refractivity contribution in [1.29, 1.82) is 5.41 Å². The Balaban J connectivity index is 1.34. The third-order valence-corrected chi connectivity index (χ3v) is 8.30. The van der Waals surface area contributed by atoms with Crippen LogP contribution in [0, 0.1) is 5.41 Å².